The zero-order chi connectivity index (χ0) is 28.1. The van der Waals surface area contributed by atoms with Crippen molar-refractivity contribution in [2.24, 2.45) is 18.9 Å². The van der Waals surface area contributed by atoms with Gasteiger partial charge in [0.25, 0.3) is 5.56 Å². The van der Waals surface area contributed by atoms with Gasteiger partial charge in [0.1, 0.15) is 23.5 Å². The summed E-state index contributed by atoms with van der Waals surface area (Å²) in [5, 5.41) is 5.15. The summed E-state index contributed by atoms with van der Waals surface area (Å²) in [6.45, 7) is 2.93. The molecule has 40 heavy (non-hydrogen) atoms. The maximum absolute atomic E-state index is 13.2. The molecule has 1 saturated carbocycles. The zero-order valence-electron chi connectivity index (χ0n) is 22.1. The largest absolute Gasteiger partial charge is 0.377 e. The van der Waals surface area contributed by atoms with Gasteiger partial charge < -0.3 is 19.5 Å². The summed E-state index contributed by atoms with van der Waals surface area (Å²) in [6, 6.07) is -0.877. The number of anilines is 2. The van der Waals surface area contributed by atoms with Crippen LogP contribution in [0.3, 0.4) is 0 Å². The fourth-order valence-corrected chi connectivity index (χ4v) is 5.81. The molecule has 0 spiro atoms. The normalized spacial score (nSPS) is 18.6. The first kappa shape index (κ1) is 26.0. The van der Waals surface area contributed by atoms with E-state index < -0.39 is 35.5 Å². The van der Waals surface area contributed by atoms with Gasteiger partial charge in [-0.15, -0.1) is 11.3 Å². The Morgan fingerprint density at radius 3 is 2.60 bits per heavy atom. The topological polar surface area (TPSA) is 159 Å². The second kappa shape index (κ2) is 10.1. The van der Waals surface area contributed by atoms with Gasteiger partial charge in [-0.25, -0.2) is 24.7 Å². The van der Waals surface area contributed by atoms with Gasteiger partial charge in [0.2, 0.25) is 11.9 Å². The predicted octanol–water partition coefficient (Wildman–Crippen LogP) is 0.682. The van der Waals surface area contributed by atoms with Crippen LogP contribution in [0.1, 0.15) is 19.4 Å². The van der Waals surface area contributed by atoms with Crippen molar-refractivity contribution in [2.45, 2.75) is 25.9 Å². The highest BCUT2D eigenvalue weighted by Gasteiger charge is 2.45. The Kier molecular flexibility index (Phi) is 6.54. The maximum Gasteiger partial charge on any atom is 0.332 e. The first-order valence-corrected chi connectivity index (χ1v) is 13.6. The van der Waals surface area contributed by atoms with Crippen LogP contribution in [-0.4, -0.2) is 72.1 Å². The molecule has 1 aliphatic carbocycles. The van der Waals surface area contributed by atoms with Gasteiger partial charge in [-0.05, 0) is 25.2 Å². The van der Waals surface area contributed by atoms with E-state index in [0.29, 0.717) is 10.8 Å². The molecule has 0 aromatic carbocycles. The molecule has 2 aliphatic rings. The number of hydrogen-bond donors (Lipinski definition) is 1. The van der Waals surface area contributed by atoms with E-state index >= 15 is 0 Å². The minimum atomic E-state index is -0.877. The number of aryl methyl sites for hydroxylation is 1. The van der Waals surface area contributed by atoms with Crippen LogP contribution >= 0.6 is 11.3 Å². The molecule has 208 valence electrons. The number of nitrogens with zero attached hydrogens (tertiary/aromatic N) is 8. The van der Waals surface area contributed by atoms with Crippen LogP contribution in [0.15, 0.2) is 33.7 Å². The van der Waals surface area contributed by atoms with Gasteiger partial charge in [-0.3, -0.25) is 23.5 Å². The predicted molar refractivity (Wildman–Crippen MR) is 146 cm³/mol. The molecule has 0 radical (unpaired) electrons. The van der Waals surface area contributed by atoms with E-state index in [0.717, 1.165) is 41.0 Å². The van der Waals surface area contributed by atoms with Crippen molar-refractivity contribution < 1.29 is 14.3 Å². The second-order valence-corrected chi connectivity index (χ2v) is 11.0. The molecule has 1 N–H and O–H groups in total. The first-order valence-electron chi connectivity index (χ1n) is 12.8. The number of Topliss-reactive ketones (excluding diaryl/α,β-unsaturated/α-hetero) is 1. The molecule has 0 bridgehead atoms. The van der Waals surface area contributed by atoms with Crippen LogP contribution in [0.5, 0.6) is 0 Å². The van der Waals surface area contributed by atoms with Gasteiger partial charge >= 0.3 is 5.69 Å². The van der Waals surface area contributed by atoms with Crippen LogP contribution < -0.4 is 21.5 Å². The van der Waals surface area contributed by atoms with E-state index in [1.807, 2.05) is 0 Å². The van der Waals surface area contributed by atoms with Crippen LogP contribution in [0.25, 0.3) is 21.7 Å². The minimum absolute atomic E-state index is 0.0291. The SMILES string of the molecule is COCC(=O)Cn1c(=O)c2c(ncn2C(C)C(=O)Nc2csc(-c3cnc(N4CC5CC5C4)nc3)n2)n(C)c1=O. The Labute approximate surface area is 231 Å². The highest BCUT2D eigenvalue weighted by molar-refractivity contribution is 7.13. The van der Waals surface area contributed by atoms with Crippen molar-refractivity contribution in [2.75, 3.05) is 37.0 Å². The third kappa shape index (κ3) is 4.60. The molecule has 3 atom stereocenters. The third-order valence-electron chi connectivity index (χ3n) is 7.40. The average molecular weight is 566 g/mol. The number of piperidine rings is 1. The minimum Gasteiger partial charge on any atom is -0.377 e. The molecule has 15 heteroatoms. The molecule has 5 heterocycles. The molecule has 3 unspecified atom stereocenters. The number of thiazole rings is 1. The molecule has 4 aromatic heterocycles. The first-order chi connectivity index (χ1) is 19.2. The van der Waals surface area contributed by atoms with Gasteiger partial charge in [0.15, 0.2) is 16.9 Å². The Morgan fingerprint density at radius 1 is 1.18 bits per heavy atom. The quantitative estimate of drug-likeness (QED) is 0.306. The van der Waals surface area contributed by atoms with Gasteiger partial charge in [-0.1, -0.05) is 0 Å². The summed E-state index contributed by atoms with van der Waals surface area (Å²) >= 11 is 1.35. The lowest BCUT2D eigenvalue weighted by atomic mass is 10.3. The van der Waals surface area contributed by atoms with Crippen LogP contribution in [0.4, 0.5) is 11.8 Å². The standard InChI is InChI=1S/C25H27N9O5S/c1-13(34-12-28-20-19(34)23(37)33(25(38)31(20)2)9-17(35)10-39-3)21(36)29-18-11-40-22(30-18)16-5-26-24(27-6-16)32-7-14-4-15(14)8-32/h5-6,11-15H,4,7-10H2,1-3H3,(H,29,36). The van der Waals surface area contributed by atoms with Crippen LogP contribution in [-0.2, 0) is 27.9 Å². The number of aromatic nitrogens is 7. The number of hydrogen-bond acceptors (Lipinski definition) is 11. The summed E-state index contributed by atoms with van der Waals surface area (Å²) in [4.78, 5) is 71.1. The summed E-state index contributed by atoms with van der Waals surface area (Å²) in [5.41, 5.74) is -0.521. The summed E-state index contributed by atoms with van der Waals surface area (Å²) in [6.07, 6.45) is 6.12. The van der Waals surface area contributed by atoms with Crippen LogP contribution in [0, 0.1) is 11.8 Å². The third-order valence-corrected chi connectivity index (χ3v) is 8.29. The van der Waals surface area contributed by atoms with Crippen LogP contribution in [0.2, 0.25) is 0 Å². The molecule has 1 aliphatic heterocycles. The van der Waals surface area contributed by atoms with E-state index in [9.17, 15) is 19.2 Å². The molecule has 1 amide bonds. The maximum atomic E-state index is 13.2. The molecule has 2 fully saturated rings. The second-order valence-electron chi connectivity index (χ2n) is 10.2. The number of carbonyl (C=O) groups excluding carboxylic acids is 2. The van der Waals surface area contributed by atoms with Crippen molar-refractivity contribution in [3.05, 3.63) is 44.9 Å². The fraction of sp³-hybridized carbons (Fsp3) is 0.440. The summed E-state index contributed by atoms with van der Waals surface area (Å²) < 4.78 is 8.18. The molecule has 6 rings (SSSR count). The summed E-state index contributed by atoms with van der Waals surface area (Å²) in [7, 11) is 2.80. The number of methoxy groups -OCH3 is 1. The van der Waals surface area contributed by atoms with E-state index in [1.54, 1.807) is 24.7 Å². The molecule has 1 saturated heterocycles. The van der Waals surface area contributed by atoms with Crippen molar-refractivity contribution in [3.63, 3.8) is 0 Å². The lowest BCUT2D eigenvalue weighted by Gasteiger charge is -2.17. The van der Waals surface area contributed by atoms with E-state index in [2.05, 4.69) is 30.2 Å². The van der Waals surface area contributed by atoms with Crippen molar-refractivity contribution >= 4 is 46.0 Å². The Morgan fingerprint density at radius 2 is 1.90 bits per heavy atom. The monoisotopic (exact) mass is 565 g/mol. The number of ketones is 1. The Bertz CT molecular complexity index is 1730. The lowest BCUT2D eigenvalue weighted by Crippen LogP contribution is -2.42. The van der Waals surface area contributed by atoms with Crippen molar-refractivity contribution in [1.82, 2.24) is 33.6 Å². The summed E-state index contributed by atoms with van der Waals surface area (Å²) in [5.74, 6) is 1.76. The number of ether oxygens (including phenoxy) is 1. The average Bonchev–Trinajstić information content (AvgIpc) is 3.33. The van der Waals surface area contributed by atoms with E-state index in [-0.39, 0.29) is 17.8 Å². The number of carbonyl (C=O) groups is 2. The highest BCUT2D eigenvalue weighted by Crippen LogP contribution is 2.45. The highest BCUT2D eigenvalue weighted by atomic mass is 32.1. The number of fused-ring (bicyclic) bond motifs is 2. The van der Waals surface area contributed by atoms with E-state index in [1.165, 1.54) is 47.4 Å². The lowest BCUT2D eigenvalue weighted by molar-refractivity contribution is -0.123. The van der Waals surface area contributed by atoms with Gasteiger partial charge in [0, 0.05) is 50.6 Å². The van der Waals surface area contributed by atoms with Crippen molar-refractivity contribution in [3.8, 4) is 10.6 Å². The van der Waals surface area contributed by atoms with Gasteiger partial charge in [0.05, 0.1) is 12.9 Å². The number of amides is 1. The molecular formula is C25H27N9O5S. The number of rotatable bonds is 9. The molecular weight excluding hydrogens is 538 g/mol. The molecule has 14 nitrogen and oxygen atoms in total. The smallest absolute Gasteiger partial charge is 0.332 e. The zero-order valence-corrected chi connectivity index (χ0v) is 22.9. The molecule has 4 aromatic rings. The Balaban J connectivity index is 1.19. The van der Waals surface area contributed by atoms with Crippen molar-refractivity contribution in [1.29, 1.82) is 0 Å². The fourth-order valence-electron chi connectivity index (χ4n) is 5.08. The van der Waals surface area contributed by atoms with E-state index in [4.69, 9.17) is 4.74 Å². The number of nitrogens with one attached hydrogen (secondary N) is 1. The Hall–Kier alpha value is -4.24. The van der Waals surface area contributed by atoms with Gasteiger partial charge in [-0.2, -0.15) is 0 Å². The number of imidazole rings is 1.